The molecule has 0 aromatic rings. The first kappa shape index (κ1) is 36.1. The molecule has 0 aromatic carbocycles. The second-order valence-electron chi connectivity index (χ2n) is 1.03. The minimum atomic E-state index is -4.64. The molecular weight excluding hydrogens is 326 g/mol. The van der Waals surface area contributed by atoms with Crippen LogP contribution in [0.4, 0.5) is 0 Å². The Morgan fingerprint density at radius 1 is 0.643 bits per heavy atom. The van der Waals surface area contributed by atoms with Crippen molar-refractivity contribution in [2.45, 2.75) is 0 Å². The maximum Gasteiger partial charge on any atom is 2.00 e. The number of hydrogen-bond donors (Lipinski definition) is 6. The molecule has 0 heterocycles. The van der Waals surface area contributed by atoms with Crippen LogP contribution in [-0.4, -0.2) is 148 Å². The van der Waals surface area contributed by atoms with E-state index in [1.807, 2.05) is 0 Å². The van der Waals surface area contributed by atoms with Crippen LogP contribution in [-0.2, 0) is 9.13 Å². The van der Waals surface area contributed by atoms with Crippen molar-refractivity contribution in [3.8, 4) is 0 Å². The van der Waals surface area contributed by atoms with Crippen molar-refractivity contribution in [2.75, 3.05) is 0 Å². The fourth-order valence-electron chi connectivity index (χ4n) is 0. The van der Waals surface area contributed by atoms with Crippen molar-refractivity contribution in [2.24, 2.45) is 0 Å². The summed E-state index contributed by atoms with van der Waals surface area (Å²) >= 11 is 0. The van der Waals surface area contributed by atoms with E-state index >= 15 is 0 Å². The van der Waals surface area contributed by atoms with Crippen LogP contribution in [0.3, 0.4) is 0 Å². The average molecular weight is 340 g/mol. The third-order valence-corrected chi connectivity index (χ3v) is 0. The Balaban J connectivity index is -0.00000000427. The summed E-state index contributed by atoms with van der Waals surface area (Å²) < 4.78 is 17.8. The van der Waals surface area contributed by atoms with Crippen LogP contribution in [0.25, 0.3) is 0 Å². The molecule has 14 heavy (non-hydrogen) atoms. The number of rotatable bonds is 0. The topological polar surface area (TPSA) is 187 Å². The van der Waals surface area contributed by atoms with E-state index in [1.54, 1.807) is 0 Å². The standard InChI is InChI=1S/3Ca.2H3O4P.H2O.6H/c;;;2*1-5(2,3)4;;;;;;;/h;;;2*(H3,1,2,3,4);1H2;;;;;;/q3*+2;;;;6*-1. The van der Waals surface area contributed by atoms with Crippen LogP contribution in [0.15, 0.2) is 0 Å². The van der Waals surface area contributed by atoms with E-state index in [1.165, 1.54) is 0 Å². The molecule has 8 N–H and O–H groups in total. The van der Waals surface area contributed by atoms with E-state index in [9.17, 15) is 0 Å². The Bertz CT molecular complexity index is 148. The molecule has 0 aliphatic carbocycles. The predicted molar refractivity (Wildman–Crippen MR) is 56.1 cm³/mol. The first-order valence-corrected chi connectivity index (χ1v) is 4.70. The molecule has 0 fully saturated rings. The Kier molecular flexibility index (Phi) is 43.7. The van der Waals surface area contributed by atoms with Gasteiger partial charge in [-0.3, -0.25) is 0 Å². The normalized spacial score (nSPS) is 8.43. The molecule has 0 aromatic heterocycles. The predicted octanol–water partition coefficient (Wildman–Crippen LogP) is -3.15. The van der Waals surface area contributed by atoms with Crippen molar-refractivity contribution >= 4 is 129 Å². The summed E-state index contributed by atoms with van der Waals surface area (Å²) in [5.41, 5.74) is 0. The van der Waals surface area contributed by atoms with Gasteiger partial charge in [-0.05, 0) is 0 Å². The summed E-state index contributed by atoms with van der Waals surface area (Å²) in [5, 5.41) is 0. The third kappa shape index (κ3) is 228. The van der Waals surface area contributed by atoms with E-state index in [-0.39, 0.29) is 127 Å². The molecule has 0 saturated carbocycles. The third-order valence-electron chi connectivity index (χ3n) is 0. The first-order chi connectivity index (χ1) is 4.00. The first-order valence-electron chi connectivity index (χ1n) is 1.57. The molecule has 0 aliphatic rings. The largest absolute Gasteiger partial charge is 2.00 e. The van der Waals surface area contributed by atoms with Crippen LogP contribution in [0.2, 0.25) is 0 Å². The Morgan fingerprint density at radius 2 is 0.643 bits per heavy atom. The molecule has 0 spiro atoms. The SMILES string of the molecule is O.O=P(O)(O)O.O=P(O)(O)O.[Ca+2].[Ca+2].[Ca+2].[H-].[H-].[H-].[H-].[H-].[H-]. The van der Waals surface area contributed by atoms with Crippen molar-refractivity contribution in [3.63, 3.8) is 0 Å². The molecule has 9 nitrogen and oxygen atoms in total. The second kappa shape index (κ2) is 17.0. The summed E-state index contributed by atoms with van der Waals surface area (Å²) in [7, 11) is -9.28. The smallest absolute Gasteiger partial charge is 1.00 e. The van der Waals surface area contributed by atoms with Crippen LogP contribution < -0.4 is 0 Å². The molecule has 0 saturated heterocycles. The Labute approximate surface area is 178 Å². The minimum absolute atomic E-state index is 0. The van der Waals surface area contributed by atoms with Crippen molar-refractivity contribution < 1.29 is 52.5 Å². The quantitative estimate of drug-likeness (QED) is 0.197. The van der Waals surface area contributed by atoms with Gasteiger partial charge in [0.2, 0.25) is 0 Å². The second-order valence-corrected chi connectivity index (χ2v) is 3.08. The van der Waals surface area contributed by atoms with Gasteiger partial charge in [0.05, 0.1) is 0 Å². The van der Waals surface area contributed by atoms with Gasteiger partial charge in [-0.25, -0.2) is 9.13 Å². The van der Waals surface area contributed by atoms with E-state index in [2.05, 4.69) is 0 Å². The van der Waals surface area contributed by atoms with Crippen LogP contribution >= 0.6 is 15.6 Å². The zero-order valence-corrected chi connectivity index (χ0v) is 15.4. The summed E-state index contributed by atoms with van der Waals surface area (Å²) in [5.74, 6) is 0. The number of hydrogen-bond acceptors (Lipinski definition) is 2. The van der Waals surface area contributed by atoms with Gasteiger partial charge in [-0.1, -0.05) is 0 Å². The minimum Gasteiger partial charge on any atom is -1.00 e. The van der Waals surface area contributed by atoms with Gasteiger partial charge in [0, 0.05) is 0 Å². The average Bonchev–Trinajstić information content (AvgIpc) is 1.12. The van der Waals surface area contributed by atoms with E-state index in [0.29, 0.717) is 0 Å². The summed E-state index contributed by atoms with van der Waals surface area (Å²) in [4.78, 5) is 43.1. The van der Waals surface area contributed by atoms with Gasteiger partial charge < -0.3 is 43.4 Å². The molecule has 0 aliphatic heterocycles. The molecule has 0 amide bonds. The van der Waals surface area contributed by atoms with Gasteiger partial charge in [0.25, 0.3) is 0 Å². The molecular formula is H14Ca3O9P2. The van der Waals surface area contributed by atoms with Crippen molar-refractivity contribution in [3.05, 3.63) is 0 Å². The van der Waals surface area contributed by atoms with Gasteiger partial charge in [-0.2, -0.15) is 0 Å². The van der Waals surface area contributed by atoms with Crippen molar-refractivity contribution in [1.29, 1.82) is 0 Å². The van der Waals surface area contributed by atoms with E-state index in [4.69, 9.17) is 38.5 Å². The molecule has 0 rings (SSSR count). The molecule has 0 radical (unpaired) electrons. The van der Waals surface area contributed by atoms with Crippen LogP contribution in [0.1, 0.15) is 8.56 Å². The molecule has 0 unspecified atom stereocenters. The van der Waals surface area contributed by atoms with Crippen LogP contribution in [0.5, 0.6) is 0 Å². The summed E-state index contributed by atoms with van der Waals surface area (Å²) in [6.45, 7) is 0. The maximum atomic E-state index is 8.88. The van der Waals surface area contributed by atoms with Crippen LogP contribution in [0, 0.1) is 0 Å². The fraction of sp³-hybridized carbons (Fsp3) is 0. The summed E-state index contributed by atoms with van der Waals surface area (Å²) in [6, 6.07) is 0. The van der Waals surface area contributed by atoms with Crippen molar-refractivity contribution in [1.82, 2.24) is 0 Å². The zero-order chi connectivity index (χ0) is 9.00. The Hall–Kier alpha value is 3.96. The molecule has 0 bridgehead atoms. The molecule has 14 heteroatoms. The zero-order valence-electron chi connectivity index (χ0n) is 13.0. The fourth-order valence-corrected chi connectivity index (χ4v) is 0. The van der Waals surface area contributed by atoms with Gasteiger partial charge in [0.1, 0.15) is 0 Å². The molecule has 84 valence electrons. The van der Waals surface area contributed by atoms with Gasteiger partial charge in [0.15, 0.2) is 0 Å². The van der Waals surface area contributed by atoms with E-state index in [0.717, 1.165) is 0 Å². The number of phosphoric acid groups is 2. The van der Waals surface area contributed by atoms with Gasteiger partial charge >= 0.3 is 129 Å². The van der Waals surface area contributed by atoms with E-state index < -0.39 is 15.6 Å². The monoisotopic (exact) mass is 340 g/mol. The van der Waals surface area contributed by atoms with Gasteiger partial charge in [-0.15, -0.1) is 0 Å². The molecule has 0 atom stereocenters. The summed E-state index contributed by atoms with van der Waals surface area (Å²) in [6.07, 6.45) is 0. The Morgan fingerprint density at radius 3 is 0.643 bits per heavy atom. The maximum absolute atomic E-state index is 8.88.